The molecule has 0 unspecified atom stereocenters. The molecule has 0 spiro atoms. The third-order valence-electron chi connectivity index (χ3n) is 6.48. The van der Waals surface area contributed by atoms with Crippen LogP contribution in [0.4, 0.5) is 5.69 Å². The number of carbonyl (C=O) groups excluding carboxylic acids is 2. The van der Waals surface area contributed by atoms with Gasteiger partial charge in [-0.05, 0) is 69.3 Å². The topological polar surface area (TPSA) is 108 Å². The maximum absolute atomic E-state index is 13.0. The fourth-order valence-corrected chi connectivity index (χ4v) is 7.21. The molecule has 8 nitrogen and oxygen atoms in total. The molecule has 1 aromatic carbocycles. The highest BCUT2D eigenvalue weighted by Gasteiger charge is 2.36. The summed E-state index contributed by atoms with van der Waals surface area (Å²) in [5.41, 5.74) is 1.74. The van der Waals surface area contributed by atoms with Gasteiger partial charge in [-0.1, -0.05) is 11.6 Å². The number of carbonyl (C=O) groups is 2. The maximum Gasteiger partial charge on any atom is 0.253 e. The lowest BCUT2D eigenvalue weighted by Gasteiger charge is -2.38. The second kappa shape index (κ2) is 9.05. The molecule has 2 fully saturated rings. The highest BCUT2D eigenvalue weighted by molar-refractivity contribution is 7.89. The molecule has 3 aliphatic rings. The number of rotatable bonds is 5. The van der Waals surface area contributed by atoms with Gasteiger partial charge in [-0.25, -0.2) is 8.42 Å². The number of anilines is 1. The van der Waals surface area contributed by atoms with Gasteiger partial charge in [0.15, 0.2) is 0 Å². The summed E-state index contributed by atoms with van der Waals surface area (Å²) < 4.78 is 27.5. The van der Waals surface area contributed by atoms with E-state index in [-0.39, 0.29) is 47.0 Å². The summed E-state index contributed by atoms with van der Waals surface area (Å²) in [5.74, 6) is -0.00171. The Morgan fingerprint density at radius 1 is 1.26 bits per heavy atom. The van der Waals surface area contributed by atoms with Gasteiger partial charge < -0.3 is 16.0 Å². The summed E-state index contributed by atoms with van der Waals surface area (Å²) >= 11 is 6.27. The Labute approximate surface area is 188 Å². The number of halogens is 1. The van der Waals surface area contributed by atoms with Crippen molar-refractivity contribution in [2.24, 2.45) is 5.92 Å². The number of piperidine rings is 2. The smallest absolute Gasteiger partial charge is 0.253 e. The van der Waals surface area contributed by atoms with E-state index in [1.165, 1.54) is 0 Å². The number of fused-ring (bicyclic) bond motifs is 1. The van der Waals surface area contributed by atoms with Crippen LogP contribution in [-0.2, 0) is 21.2 Å². The van der Waals surface area contributed by atoms with E-state index in [1.54, 1.807) is 16.4 Å². The van der Waals surface area contributed by atoms with Crippen LogP contribution < -0.4 is 16.0 Å². The first kappa shape index (κ1) is 22.5. The van der Waals surface area contributed by atoms with E-state index in [9.17, 15) is 18.0 Å². The van der Waals surface area contributed by atoms with E-state index in [4.69, 9.17) is 11.6 Å². The van der Waals surface area contributed by atoms with Crippen molar-refractivity contribution in [2.75, 3.05) is 30.7 Å². The molecule has 3 N–H and O–H groups in total. The summed E-state index contributed by atoms with van der Waals surface area (Å²) in [5, 5.41) is 9.28. The predicted molar refractivity (Wildman–Crippen MR) is 120 cm³/mol. The molecule has 2 atom stereocenters. The average molecular weight is 469 g/mol. The first-order valence-electron chi connectivity index (χ1n) is 10.9. The molecule has 31 heavy (non-hydrogen) atoms. The normalized spacial score (nSPS) is 25.2. The highest BCUT2D eigenvalue weighted by atomic mass is 35.5. The van der Waals surface area contributed by atoms with E-state index < -0.39 is 10.0 Å². The predicted octanol–water partition coefficient (Wildman–Crippen LogP) is 1.75. The molecule has 3 aliphatic heterocycles. The summed E-state index contributed by atoms with van der Waals surface area (Å²) in [6.45, 7) is 4.05. The fourth-order valence-electron chi connectivity index (χ4n) is 4.82. The van der Waals surface area contributed by atoms with Crippen LogP contribution in [-0.4, -0.2) is 62.0 Å². The minimum atomic E-state index is -3.32. The van der Waals surface area contributed by atoms with Crippen LogP contribution >= 0.6 is 11.6 Å². The van der Waals surface area contributed by atoms with Crippen molar-refractivity contribution in [2.45, 2.75) is 51.1 Å². The molecule has 0 saturated carbocycles. The zero-order valence-electron chi connectivity index (χ0n) is 17.6. The number of hydrogen-bond acceptors (Lipinski definition) is 5. The van der Waals surface area contributed by atoms with Crippen molar-refractivity contribution in [3.63, 3.8) is 0 Å². The van der Waals surface area contributed by atoms with Crippen LogP contribution in [0.1, 0.15) is 48.5 Å². The Kier molecular flexibility index (Phi) is 6.57. The lowest BCUT2D eigenvalue weighted by atomic mass is 9.99. The first-order valence-corrected chi connectivity index (χ1v) is 12.8. The van der Waals surface area contributed by atoms with Gasteiger partial charge in [0.05, 0.1) is 22.8 Å². The molecule has 0 aromatic heterocycles. The summed E-state index contributed by atoms with van der Waals surface area (Å²) in [6.07, 6.45) is 3.13. The molecule has 3 heterocycles. The number of sulfonamides is 1. The summed E-state index contributed by atoms with van der Waals surface area (Å²) in [4.78, 5) is 24.4. The van der Waals surface area contributed by atoms with Crippen LogP contribution in [0.2, 0.25) is 5.02 Å². The van der Waals surface area contributed by atoms with Gasteiger partial charge in [-0.3, -0.25) is 9.59 Å². The minimum absolute atomic E-state index is 0.115. The van der Waals surface area contributed by atoms with Crippen molar-refractivity contribution >= 4 is 39.1 Å². The highest BCUT2D eigenvalue weighted by Crippen LogP contribution is 2.30. The molecule has 0 aliphatic carbocycles. The third-order valence-corrected chi connectivity index (χ3v) is 8.94. The van der Waals surface area contributed by atoms with Gasteiger partial charge in [0.2, 0.25) is 15.9 Å². The molecule has 2 saturated heterocycles. The number of nitrogens with zero attached hydrogens (tertiary/aromatic N) is 1. The summed E-state index contributed by atoms with van der Waals surface area (Å²) in [6, 6.07) is 2.96. The molecule has 0 bridgehead atoms. The number of benzene rings is 1. The number of hydrogen-bond donors (Lipinski definition) is 3. The Morgan fingerprint density at radius 2 is 2.00 bits per heavy atom. The zero-order valence-corrected chi connectivity index (χ0v) is 19.2. The fraction of sp³-hybridized carbons (Fsp3) is 0.619. The maximum atomic E-state index is 13.0. The summed E-state index contributed by atoms with van der Waals surface area (Å²) in [7, 11) is -3.32. The quantitative estimate of drug-likeness (QED) is 0.610. The van der Waals surface area contributed by atoms with Crippen LogP contribution in [0.15, 0.2) is 12.1 Å². The van der Waals surface area contributed by atoms with E-state index in [0.29, 0.717) is 30.6 Å². The number of amides is 2. The second-order valence-electron chi connectivity index (χ2n) is 8.84. The van der Waals surface area contributed by atoms with Crippen molar-refractivity contribution in [3.8, 4) is 0 Å². The molecular weight excluding hydrogens is 440 g/mol. The van der Waals surface area contributed by atoms with Crippen molar-refractivity contribution in [1.29, 1.82) is 0 Å². The van der Waals surface area contributed by atoms with E-state index in [1.807, 2.05) is 6.92 Å². The average Bonchev–Trinajstić information content (AvgIpc) is 3.06. The van der Waals surface area contributed by atoms with Crippen LogP contribution in [0, 0.1) is 5.92 Å². The third kappa shape index (κ3) is 5.05. The SMILES string of the molecule is C[C@@H]1C[C@H](NC(=O)c2cc3c(cc2Cl)NC(=O)C3)CCN1S(=O)(=O)CC1CCNCC1. The number of nitrogens with one attached hydrogen (secondary N) is 3. The molecule has 4 rings (SSSR count). The van der Waals surface area contributed by atoms with Crippen LogP contribution in [0.25, 0.3) is 0 Å². The van der Waals surface area contributed by atoms with Crippen LogP contribution in [0.3, 0.4) is 0 Å². The van der Waals surface area contributed by atoms with Crippen molar-refractivity contribution in [1.82, 2.24) is 14.9 Å². The molecule has 0 radical (unpaired) electrons. The van der Waals surface area contributed by atoms with E-state index in [0.717, 1.165) is 31.5 Å². The Balaban J connectivity index is 1.36. The molecule has 2 amide bonds. The van der Waals surface area contributed by atoms with Crippen LogP contribution in [0.5, 0.6) is 0 Å². The van der Waals surface area contributed by atoms with Gasteiger partial charge in [0, 0.05) is 24.3 Å². The van der Waals surface area contributed by atoms with Crippen molar-refractivity contribution < 1.29 is 18.0 Å². The van der Waals surface area contributed by atoms with Gasteiger partial charge in [0.25, 0.3) is 5.91 Å². The molecular formula is C21H29ClN4O4S. The van der Waals surface area contributed by atoms with Gasteiger partial charge in [-0.2, -0.15) is 4.31 Å². The van der Waals surface area contributed by atoms with Gasteiger partial charge >= 0.3 is 0 Å². The Bertz CT molecular complexity index is 978. The second-order valence-corrected chi connectivity index (χ2v) is 11.2. The van der Waals surface area contributed by atoms with E-state index >= 15 is 0 Å². The minimum Gasteiger partial charge on any atom is -0.349 e. The lowest BCUT2D eigenvalue weighted by Crippen LogP contribution is -2.52. The Morgan fingerprint density at radius 3 is 2.71 bits per heavy atom. The largest absolute Gasteiger partial charge is 0.349 e. The van der Waals surface area contributed by atoms with Crippen molar-refractivity contribution in [3.05, 3.63) is 28.3 Å². The van der Waals surface area contributed by atoms with Gasteiger partial charge in [-0.15, -0.1) is 0 Å². The zero-order chi connectivity index (χ0) is 22.2. The first-order chi connectivity index (χ1) is 14.7. The lowest BCUT2D eigenvalue weighted by molar-refractivity contribution is -0.115. The van der Waals surface area contributed by atoms with E-state index in [2.05, 4.69) is 16.0 Å². The molecule has 10 heteroatoms. The Hall–Kier alpha value is -1.68. The standard InChI is InChI=1S/C21H29ClN4O4S/c1-13-8-16(4-7-26(13)31(29,30)12-14-2-5-23-6-3-14)24-21(28)17-9-15-10-20(27)25-19(15)11-18(17)22/h9,11,13-14,16,23H,2-8,10,12H2,1H3,(H,24,28)(H,25,27)/t13-,16-/m1/s1. The molecule has 1 aromatic rings. The monoisotopic (exact) mass is 468 g/mol. The van der Waals surface area contributed by atoms with Gasteiger partial charge in [0.1, 0.15) is 0 Å². The molecule has 170 valence electrons.